The van der Waals surface area contributed by atoms with E-state index in [1.165, 1.54) is 29.4 Å². The molecule has 1 saturated heterocycles. The topological polar surface area (TPSA) is 83.4 Å². The van der Waals surface area contributed by atoms with Gasteiger partial charge in [-0.3, -0.25) is 19.6 Å². The minimum Gasteiger partial charge on any atom is -0.507 e. The predicted octanol–water partition coefficient (Wildman–Crippen LogP) is 3.24. The molecule has 3 heterocycles. The molecule has 0 bridgehead atoms. The molecule has 1 aromatic carbocycles. The lowest BCUT2D eigenvalue weighted by Crippen LogP contribution is -2.29. The molecule has 0 radical (unpaired) electrons. The van der Waals surface area contributed by atoms with Crippen molar-refractivity contribution in [1.82, 2.24) is 14.9 Å². The minimum atomic E-state index is -0.818. The summed E-state index contributed by atoms with van der Waals surface area (Å²) in [6, 6.07) is 11.4. The molecule has 0 aliphatic carbocycles. The number of aliphatic hydroxyl groups is 1. The molecule has 29 heavy (non-hydrogen) atoms. The van der Waals surface area contributed by atoms with Crippen molar-refractivity contribution in [1.29, 1.82) is 0 Å². The van der Waals surface area contributed by atoms with Gasteiger partial charge in [0.2, 0.25) is 0 Å². The number of hydrogen-bond donors (Lipinski definition) is 1. The zero-order chi connectivity index (χ0) is 20.4. The van der Waals surface area contributed by atoms with Gasteiger partial charge >= 0.3 is 0 Å². The number of aromatic nitrogens is 2. The van der Waals surface area contributed by atoms with Crippen molar-refractivity contribution in [2.45, 2.75) is 12.6 Å². The van der Waals surface area contributed by atoms with Crippen LogP contribution in [-0.4, -0.2) is 31.7 Å². The van der Waals surface area contributed by atoms with Gasteiger partial charge in [0, 0.05) is 36.9 Å². The van der Waals surface area contributed by atoms with Crippen LogP contribution in [0.25, 0.3) is 5.76 Å². The second-order valence-corrected chi connectivity index (χ2v) is 6.58. The summed E-state index contributed by atoms with van der Waals surface area (Å²) in [5.41, 5.74) is 1.61. The van der Waals surface area contributed by atoms with E-state index >= 15 is 0 Å². The van der Waals surface area contributed by atoms with Crippen LogP contribution < -0.4 is 0 Å². The summed E-state index contributed by atoms with van der Waals surface area (Å²) >= 11 is 0. The molecule has 1 aliphatic heterocycles. The van der Waals surface area contributed by atoms with E-state index < -0.39 is 23.5 Å². The van der Waals surface area contributed by atoms with E-state index in [-0.39, 0.29) is 17.9 Å². The maximum absolute atomic E-state index is 13.2. The Bertz CT molecular complexity index is 1080. The number of halogens is 1. The highest BCUT2D eigenvalue weighted by Crippen LogP contribution is 2.39. The van der Waals surface area contributed by atoms with Crippen molar-refractivity contribution in [3.05, 3.63) is 101 Å². The van der Waals surface area contributed by atoms with Gasteiger partial charge in [0.05, 0.1) is 11.6 Å². The summed E-state index contributed by atoms with van der Waals surface area (Å²) in [7, 11) is 0. The molecule has 1 amide bonds. The van der Waals surface area contributed by atoms with E-state index in [2.05, 4.69) is 9.97 Å². The normalized spacial score (nSPS) is 18.2. The fourth-order valence-electron chi connectivity index (χ4n) is 3.38. The largest absolute Gasteiger partial charge is 0.507 e. The van der Waals surface area contributed by atoms with Gasteiger partial charge < -0.3 is 10.0 Å². The molecule has 1 unspecified atom stereocenters. The van der Waals surface area contributed by atoms with Gasteiger partial charge in [-0.15, -0.1) is 0 Å². The van der Waals surface area contributed by atoms with Gasteiger partial charge in [-0.1, -0.05) is 18.2 Å². The van der Waals surface area contributed by atoms with Gasteiger partial charge in [-0.2, -0.15) is 0 Å². The van der Waals surface area contributed by atoms with E-state index in [0.29, 0.717) is 16.7 Å². The average Bonchev–Trinajstić information content (AvgIpc) is 3.01. The molecular formula is C22H16FN3O3. The quantitative estimate of drug-likeness (QED) is 0.421. The van der Waals surface area contributed by atoms with Crippen LogP contribution in [-0.2, 0) is 16.1 Å². The van der Waals surface area contributed by atoms with Crippen molar-refractivity contribution in [2.24, 2.45) is 0 Å². The Balaban J connectivity index is 1.83. The summed E-state index contributed by atoms with van der Waals surface area (Å²) in [6.45, 7) is 0.0809. The lowest BCUT2D eigenvalue weighted by molar-refractivity contribution is -0.140. The first kappa shape index (κ1) is 18.5. The van der Waals surface area contributed by atoms with Gasteiger partial charge in [-0.05, 0) is 41.5 Å². The monoisotopic (exact) mass is 389 g/mol. The number of nitrogens with zero attached hydrogens (tertiary/aromatic N) is 3. The molecule has 1 N–H and O–H groups in total. The summed E-state index contributed by atoms with van der Waals surface area (Å²) < 4.78 is 13.2. The lowest BCUT2D eigenvalue weighted by Gasteiger charge is -2.25. The molecule has 144 valence electrons. The number of carbonyl (C=O) groups is 2. The Hall–Kier alpha value is -3.87. The minimum absolute atomic E-state index is 0.0173. The molecule has 0 saturated carbocycles. The number of benzene rings is 1. The average molecular weight is 389 g/mol. The standard InChI is InChI=1S/C22H16FN3O3/c23-17-5-3-14(4-6-17)13-26-19(16-2-1-9-25-12-16)18(21(28)22(26)29)20(27)15-7-10-24-11-8-15/h1-12,19,27H,13H2/b20-18-. The van der Waals surface area contributed by atoms with Gasteiger partial charge in [0.15, 0.2) is 0 Å². The van der Waals surface area contributed by atoms with Crippen LogP contribution in [0.4, 0.5) is 4.39 Å². The van der Waals surface area contributed by atoms with Crippen LogP contribution in [0.5, 0.6) is 0 Å². The fourth-order valence-corrected chi connectivity index (χ4v) is 3.38. The van der Waals surface area contributed by atoms with Gasteiger partial charge in [0.25, 0.3) is 11.7 Å². The first-order valence-corrected chi connectivity index (χ1v) is 8.89. The van der Waals surface area contributed by atoms with Crippen molar-refractivity contribution in [3.63, 3.8) is 0 Å². The number of ketones is 1. The zero-order valence-corrected chi connectivity index (χ0v) is 15.2. The molecule has 1 aliphatic rings. The number of carbonyl (C=O) groups excluding carboxylic acids is 2. The Labute approximate surface area is 166 Å². The molecular weight excluding hydrogens is 373 g/mol. The predicted molar refractivity (Wildman–Crippen MR) is 103 cm³/mol. The fraction of sp³-hybridized carbons (Fsp3) is 0.0909. The molecule has 6 nitrogen and oxygen atoms in total. The third-order valence-corrected chi connectivity index (χ3v) is 4.76. The van der Waals surface area contributed by atoms with Gasteiger partial charge in [-0.25, -0.2) is 4.39 Å². The molecule has 1 fully saturated rings. The zero-order valence-electron chi connectivity index (χ0n) is 15.2. The summed E-state index contributed by atoms with van der Waals surface area (Å²) in [5.74, 6) is -2.19. The third-order valence-electron chi connectivity index (χ3n) is 4.76. The number of likely N-dealkylation sites (tertiary alicyclic amines) is 1. The summed E-state index contributed by atoms with van der Waals surface area (Å²) in [5, 5.41) is 10.8. The van der Waals surface area contributed by atoms with Crippen molar-refractivity contribution in [3.8, 4) is 0 Å². The van der Waals surface area contributed by atoms with E-state index in [4.69, 9.17) is 0 Å². The van der Waals surface area contributed by atoms with Gasteiger partial charge in [0.1, 0.15) is 11.6 Å². The Kier molecular flexibility index (Phi) is 4.87. The number of aliphatic hydroxyl groups excluding tert-OH is 1. The smallest absolute Gasteiger partial charge is 0.295 e. The summed E-state index contributed by atoms with van der Waals surface area (Å²) in [4.78, 5) is 35.0. The number of rotatable bonds is 4. The van der Waals surface area contributed by atoms with Crippen molar-refractivity contribution < 1.29 is 19.1 Å². The van der Waals surface area contributed by atoms with Crippen LogP contribution >= 0.6 is 0 Å². The summed E-state index contributed by atoms with van der Waals surface area (Å²) in [6.07, 6.45) is 6.11. The van der Waals surface area contributed by atoms with Crippen LogP contribution in [0.2, 0.25) is 0 Å². The third kappa shape index (κ3) is 3.50. The number of hydrogen-bond acceptors (Lipinski definition) is 5. The second kappa shape index (κ2) is 7.63. The number of pyridine rings is 2. The lowest BCUT2D eigenvalue weighted by atomic mass is 9.96. The van der Waals surface area contributed by atoms with E-state index in [1.807, 2.05) is 0 Å². The second-order valence-electron chi connectivity index (χ2n) is 6.58. The van der Waals surface area contributed by atoms with E-state index in [9.17, 15) is 19.1 Å². The maximum atomic E-state index is 13.2. The highest BCUT2D eigenvalue weighted by molar-refractivity contribution is 6.46. The highest BCUT2D eigenvalue weighted by atomic mass is 19.1. The van der Waals surface area contributed by atoms with Crippen LogP contribution in [0.3, 0.4) is 0 Å². The maximum Gasteiger partial charge on any atom is 0.295 e. The Morgan fingerprint density at radius 2 is 1.72 bits per heavy atom. The molecule has 2 aromatic heterocycles. The SMILES string of the molecule is O=C1C(=O)N(Cc2ccc(F)cc2)C(c2cccnc2)/C1=C(/O)c1ccncc1. The van der Waals surface area contributed by atoms with Crippen molar-refractivity contribution in [2.75, 3.05) is 0 Å². The van der Waals surface area contributed by atoms with Crippen LogP contribution in [0.1, 0.15) is 22.7 Å². The Morgan fingerprint density at radius 3 is 2.38 bits per heavy atom. The number of amides is 1. The van der Waals surface area contributed by atoms with E-state index in [0.717, 1.165) is 0 Å². The molecule has 3 aromatic rings. The molecule has 1 atom stereocenters. The molecule has 4 rings (SSSR count). The van der Waals surface area contributed by atoms with E-state index in [1.54, 1.807) is 48.8 Å². The van der Waals surface area contributed by atoms with Crippen LogP contribution in [0, 0.1) is 5.82 Å². The Morgan fingerprint density at radius 1 is 1.00 bits per heavy atom. The highest BCUT2D eigenvalue weighted by Gasteiger charge is 2.46. The first-order valence-electron chi connectivity index (χ1n) is 8.89. The van der Waals surface area contributed by atoms with Crippen molar-refractivity contribution >= 4 is 17.4 Å². The molecule has 7 heteroatoms. The van der Waals surface area contributed by atoms with Crippen LogP contribution in [0.15, 0.2) is 78.9 Å². The molecule has 0 spiro atoms. The first-order chi connectivity index (χ1) is 14.1. The number of Topliss-reactive ketones (excluding diaryl/α,β-unsaturated/α-hetero) is 1.